The first-order chi connectivity index (χ1) is 15.0. The van der Waals surface area contributed by atoms with Crippen LogP contribution in [0.3, 0.4) is 0 Å². The van der Waals surface area contributed by atoms with Gasteiger partial charge >= 0.3 is 0 Å². The molecule has 1 aromatic heterocycles. The van der Waals surface area contributed by atoms with Crippen LogP contribution >= 0.6 is 0 Å². The summed E-state index contributed by atoms with van der Waals surface area (Å²) in [5.74, 6) is -0.468. The maximum Gasteiger partial charge on any atom is 0.292 e. The number of hydrogen-bond donors (Lipinski definition) is 1. The Kier molecular flexibility index (Phi) is 5.71. The van der Waals surface area contributed by atoms with Gasteiger partial charge in [0, 0.05) is 5.39 Å². The van der Waals surface area contributed by atoms with Crippen LogP contribution in [0.15, 0.2) is 88.8 Å². The van der Waals surface area contributed by atoms with E-state index in [1.54, 1.807) is 24.3 Å². The molecule has 3 aromatic carbocycles. The molecule has 1 amide bonds. The molecule has 0 aliphatic carbocycles. The van der Waals surface area contributed by atoms with Gasteiger partial charge in [0.05, 0.1) is 17.6 Å². The van der Waals surface area contributed by atoms with E-state index < -0.39 is 5.91 Å². The minimum Gasteiger partial charge on any atom is -0.267 e. The zero-order valence-electron chi connectivity index (χ0n) is 17.4. The first-order valence-corrected chi connectivity index (χ1v) is 9.98. The van der Waals surface area contributed by atoms with E-state index in [4.69, 9.17) is 0 Å². The summed E-state index contributed by atoms with van der Waals surface area (Å²) in [6, 6.07) is 24.4. The molecule has 0 atom stereocenters. The monoisotopic (exact) mass is 410 g/mol. The molecule has 0 fully saturated rings. The first kappa shape index (κ1) is 20.2. The number of benzene rings is 3. The fraction of sp³-hybridized carbons (Fsp3) is 0.120. The van der Waals surface area contributed by atoms with E-state index in [0.717, 1.165) is 16.7 Å². The number of hydrogen-bond acceptors (Lipinski definition) is 4. The molecule has 0 radical (unpaired) electrons. The molecule has 0 bridgehead atoms. The van der Waals surface area contributed by atoms with Gasteiger partial charge in [-0.05, 0) is 31.0 Å². The highest BCUT2D eigenvalue weighted by Gasteiger charge is 2.16. The number of rotatable bonds is 5. The maximum absolute atomic E-state index is 13.0. The molecule has 0 aliphatic rings. The fourth-order valence-corrected chi connectivity index (χ4v) is 3.31. The van der Waals surface area contributed by atoms with Gasteiger partial charge in [-0.1, -0.05) is 78.4 Å². The smallest absolute Gasteiger partial charge is 0.267 e. The third-order valence-electron chi connectivity index (χ3n) is 5.05. The highest BCUT2D eigenvalue weighted by molar-refractivity contribution is 6.06. The molecule has 0 saturated carbocycles. The number of fused-ring (bicyclic) bond motifs is 1. The van der Waals surface area contributed by atoms with Gasteiger partial charge in [0.15, 0.2) is 5.69 Å². The van der Waals surface area contributed by atoms with Crippen LogP contribution in [-0.4, -0.2) is 21.4 Å². The number of aryl methyl sites for hydroxylation is 1. The molecule has 1 N–H and O–H groups in total. The summed E-state index contributed by atoms with van der Waals surface area (Å²) in [6.07, 6.45) is 0. The van der Waals surface area contributed by atoms with Crippen molar-refractivity contribution in [3.05, 3.63) is 112 Å². The molecule has 0 saturated heterocycles. The van der Waals surface area contributed by atoms with Crippen LogP contribution in [0.1, 0.15) is 34.1 Å². The third-order valence-corrected chi connectivity index (χ3v) is 5.05. The molecule has 4 aromatic rings. The largest absolute Gasteiger partial charge is 0.292 e. The fourth-order valence-electron chi connectivity index (χ4n) is 3.31. The molecule has 6 nitrogen and oxygen atoms in total. The second kappa shape index (κ2) is 8.75. The van der Waals surface area contributed by atoms with Crippen molar-refractivity contribution in [2.45, 2.75) is 20.4 Å². The van der Waals surface area contributed by atoms with Crippen molar-refractivity contribution in [2.24, 2.45) is 5.10 Å². The molecule has 154 valence electrons. The summed E-state index contributed by atoms with van der Waals surface area (Å²) in [5.41, 5.74) is 6.17. The molecule has 31 heavy (non-hydrogen) atoms. The van der Waals surface area contributed by atoms with E-state index in [1.807, 2.05) is 68.4 Å². The van der Waals surface area contributed by atoms with Crippen molar-refractivity contribution in [2.75, 3.05) is 0 Å². The van der Waals surface area contributed by atoms with E-state index in [0.29, 0.717) is 16.5 Å². The van der Waals surface area contributed by atoms with Crippen molar-refractivity contribution >= 4 is 22.4 Å². The minimum absolute atomic E-state index is 0.159. The van der Waals surface area contributed by atoms with Crippen LogP contribution in [0.2, 0.25) is 0 Å². The lowest BCUT2D eigenvalue weighted by Gasteiger charge is -2.10. The maximum atomic E-state index is 13.0. The molecule has 1 heterocycles. The average Bonchev–Trinajstić information content (AvgIpc) is 2.80. The number of carbonyl (C=O) groups is 1. The summed E-state index contributed by atoms with van der Waals surface area (Å²) in [6.45, 7) is 4.11. The normalized spacial score (nSPS) is 11.5. The Morgan fingerprint density at radius 2 is 1.58 bits per heavy atom. The van der Waals surface area contributed by atoms with Crippen LogP contribution in [0.25, 0.3) is 10.8 Å². The number of hydrazone groups is 1. The van der Waals surface area contributed by atoms with Gasteiger partial charge in [-0.25, -0.2) is 10.1 Å². The van der Waals surface area contributed by atoms with Crippen LogP contribution in [-0.2, 0) is 6.54 Å². The number of carbonyl (C=O) groups excluding carboxylic acids is 1. The number of aromatic nitrogens is 2. The van der Waals surface area contributed by atoms with E-state index in [9.17, 15) is 9.59 Å². The van der Waals surface area contributed by atoms with Gasteiger partial charge in [-0.15, -0.1) is 0 Å². The SMILES string of the molecule is C/C(=N\NC(=O)c1nn(Cc2ccccc2)c(=O)c2ccccc12)c1ccc(C)cc1. The topological polar surface area (TPSA) is 76.3 Å². The lowest BCUT2D eigenvalue weighted by molar-refractivity contribution is 0.0949. The molecule has 0 spiro atoms. The standard InChI is InChI=1S/C25H22N4O2/c1-17-12-14-20(15-13-17)18(2)26-27-24(30)23-21-10-6-7-11-22(21)25(31)29(28-23)16-19-8-4-3-5-9-19/h3-15H,16H2,1-2H3,(H,27,30)/b26-18+. The van der Waals surface area contributed by atoms with Crippen molar-refractivity contribution in [3.63, 3.8) is 0 Å². The predicted molar refractivity (Wildman–Crippen MR) is 122 cm³/mol. The Bertz CT molecular complexity index is 1320. The zero-order valence-corrected chi connectivity index (χ0v) is 17.4. The second-order valence-corrected chi connectivity index (χ2v) is 7.35. The lowest BCUT2D eigenvalue weighted by Crippen LogP contribution is -2.29. The predicted octanol–water partition coefficient (Wildman–Crippen LogP) is 3.91. The molecular formula is C25H22N4O2. The van der Waals surface area contributed by atoms with Crippen LogP contribution in [0.5, 0.6) is 0 Å². The summed E-state index contributed by atoms with van der Waals surface area (Å²) in [7, 11) is 0. The Balaban J connectivity index is 1.69. The van der Waals surface area contributed by atoms with Crippen LogP contribution in [0, 0.1) is 6.92 Å². The summed E-state index contributed by atoms with van der Waals surface area (Å²) >= 11 is 0. The molecule has 6 heteroatoms. The number of nitrogens with one attached hydrogen (secondary N) is 1. The van der Waals surface area contributed by atoms with Gasteiger partial charge in [0.1, 0.15) is 0 Å². The Morgan fingerprint density at radius 1 is 0.935 bits per heavy atom. The van der Waals surface area contributed by atoms with Crippen molar-refractivity contribution < 1.29 is 4.79 Å². The van der Waals surface area contributed by atoms with Crippen molar-refractivity contribution in [1.29, 1.82) is 0 Å². The Labute approximate surface area is 179 Å². The van der Waals surface area contributed by atoms with Crippen molar-refractivity contribution in [3.8, 4) is 0 Å². The van der Waals surface area contributed by atoms with Gasteiger partial charge in [-0.3, -0.25) is 9.59 Å². The summed E-state index contributed by atoms with van der Waals surface area (Å²) in [5, 5.41) is 9.55. The zero-order chi connectivity index (χ0) is 21.8. The number of nitrogens with zero attached hydrogens (tertiary/aromatic N) is 3. The van der Waals surface area contributed by atoms with Crippen LogP contribution < -0.4 is 11.0 Å². The van der Waals surface area contributed by atoms with E-state index >= 15 is 0 Å². The molecular weight excluding hydrogens is 388 g/mol. The van der Waals surface area contributed by atoms with Gasteiger partial charge in [0.25, 0.3) is 11.5 Å². The minimum atomic E-state index is -0.468. The second-order valence-electron chi connectivity index (χ2n) is 7.35. The van der Waals surface area contributed by atoms with E-state index in [2.05, 4.69) is 15.6 Å². The first-order valence-electron chi connectivity index (χ1n) is 9.98. The number of amides is 1. The lowest BCUT2D eigenvalue weighted by atomic mass is 10.1. The van der Waals surface area contributed by atoms with E-state index in [-0.39, 0.29) is 17.8 Å². The van der Waals surface area contributed by atoms with Gasteiger partial charge in [-0.2, -0.15) is 10.2 Å². The highest BCUT2D eigenvalue weighted by atomic mass is 16.2. The molecule has 0 aliphatic heterocycles. The highest BCUT2D eigenvalue weighted by Crippen LogP contribution is 2.14. The Morgan fingerprint density at radius 3 is 2.29 bits per heavy atom. The van der Waals surface area contributed by atoms with Crippen LogP contribution in [0.4, 0.5) is 0 Å². The van der Waals surface area contributed by atoms with Crippen molar-refractivity contribution in [1.82, 2.24) is 15.2 Å². The summed E-state index contributed by atoms with van der Waals surface area (Å²) in [4.78, 5) is 25.9. The average molecular weight is 410 g/mol. The molecule has 4 rings (SSSR count). The quantitative estimate of drug-likeness (QED) is 0.400. The third kappa shape index (κ3) is 4.43. The molecule has 0 unspecified atom stereocenters. The van der Waals surface area contributed by atoms with Gasteiger partial charge < -0.3 is 0 Å². The summed E-state index contributed by atoms with van der Waals surface area (Å²) < 4.78 is 1.32. The Hall–Kier alpha value is -4.06. The van der Waals surface area contributed by atoms with E-state index in [1.165, 1.54) is 4.68 Å². The van der Waals surface area contributed by atoms with Gasteiger partial charge in [0.2, 0.25) is 0 Å².